The van der Waals surface area contributed by atoms with Crippen LogP contribution in [0, 0.1) is 0 Å². The molecule has 0 spiro atoms. The fourth-order valence-electron chi connectivity index (χ4n) is 3.32. The van der Waals surface area contributed by atoms with E-state index in [9.17, 15) is 21.6 Å². The van der Waals surface area contributed by atoms with Crippen LogP contribution < -0.4 is 4.74 Å². The number of imidazole rings is 1. The van der Waals surface area contributed by atoms with Gasteiger partial charge in [0, 0.05) is 6.07 Å². The predicted octanol–water partition coefficient (Wildman–Crippen LogP) is 6.67. The lowest BCUT2D eigenvalue weighted by Gasteiger charge is -2.13. The average Bonchev–Trinajstić information content (AvgIpc) is 3.18. The van der Waals surface area contributed by atoms with Crippen molar-refractivity contribution in [2.75, 3.05) is 0 Å². The molecule has 0 saturated carbocycles. The van der Waals surface area contributed by atoms with E-state index in [1.807, 2.05) is 0 Å². The molecule has 0 aliphatic rings. The van der Waals surface area contributed by atoms with Crippen LogP contribution in [0.1, 0.15) is 19.4 Å². The van der Waals surface area contributed by atoms with Crippen molar-refractivity contribution < 1.29 is 26.3 Å². The first-order valence-corrected chi connectivity index (χ1v) is 11.8. The Labute approximate surface area is 193 Å². The van der Waals surface area contributed by atoms with Crippen molar-refractivity contribution in [3.05, 3.63) is 77.6 Å². The van der Waals surface area contributed by atoms with E-state index in [4.69, 9.17) is 16.3 Å². The van der Waals surface area contributed by atoms with E-state index in [0.717, 1.165) is 6.07 Å². The number of alkyl halides is 3. The summed E-state index contributed by atoms with van der Waals surface area (Å²) in [5.41, 5.74) is -0.444. The van der Waals surface area contributed by atoms with Gasteiger partial charge in [-0.15, -0.1) is 0 Å². The Hall–Kier alpha value is -3.04. The van der Waals surface area contributed by atoms with Gasteiger partial charge in [-0.2, -0.15) is 13.2 Å². The summed E-state index contributed by atoms with van der Waals surface area (Å²) >= 11 is 6.33. The molecule has 0 fully saturated rings. The molecule has 33 heavy (non-hydrogen) atoms. The van der Waals surface area contributed by atoms with E-state index >= 15 is 0 Å². The topological polar surface area (TPSA) is 61.2 Å². The number of para-hydroxylation sites is 1. The molecular weight excluding hydrogens is 477 g/mol. The molecule has 0 aliphatic carbocycles. The van der Waals surface area contributed by atoms with Crippen molar-refractivity contribution in [2.45, 2.75) is 30.2 Å². The van der Waals surface area contributed by atoms with Crippen LogP contribution in [0.2, 0.25) is 5.02 Å². The van der Waals surface area contributed by atoms with Crippen molar-refractivity contribution in [1.29, 1.82) is 0 Å². The number of halogens is 4. The van der Waals surface area contributed by atoms with E-state index < -0.39 is 26.8 Å². The Morgan fingerprint density at radius 2 is 1.70 bits per heavy atom. The third kappa shape index (κ3) is 4.43. The third-order valence-electron chi connectivity index (χ3n) is 5.05. The van der Waals surface area contributed by atoms with Gasteiger partial charge in [-0.25, -0.2) is 13.4 Å². The SMILES string of the molecule is CC(C)S(=O)(=O)c1cccc(Oc2ccc(Cl)c(-n3cnc4c(C(F)(F)F)cccc43)c2)c1. The van der Waals surface area contributed by atoms with Crippen LogP contribution in [-0.4, -0.2) is 23.2 Å². The number of benzene rings is 3. The molecule has 0 amide bonds. The number of rotatable bonds is 5. The fraction of sp³-hybridized carbons (Fsp3) is 0.174. The molecule has 0 saturated heterocycles. The van der Waals surface area contributed by atoms with Crippen molar-refractivity contribution in [3.8, 4) is 17.2 Å². The first-order chi connectivity index (χ1) is 15.5. The van der Waals surface area contributed by atoms with E-state index in [-0.39, 0.29) is 21.0 Å². The summed E-state index contributed by atoms with van der Waals surface area (Å²) < 4.78 is 72.2. The Morgan fingerprint density at radius 1 is 1.00 bits per heavy atom. The summed E-state index contributed by atoms with van der Waals surface area (Å²) in [6, 6.07) is 14.6. The highest BCUT2D eigenvalue weighted by molar-refractivity contribution is 7.92. The Bertz CT molecular complexity index is 1450. The maximum absolute atomic E-state index is 13.3. The van der Waals surface area contributed by atoms with E-state index in [0.29, 0.717) is 17.2 Å². The minimum Gasteiger partial charge on any atom is -0.457 e. The normalized spacial score (nSPS) is 12.5. The molecule has 4 aromatic rings. The van der Waals surface area contributed by atoms with Crippen LogP contribution in [-0.2, 0) is 16.0 Å². The minimum atomic E-state index is -4.55. The smallest absolute Gasteiger partial charge is 0.418 e. The average molecular weight is 495 g/mol. The van der Waals surface area contributed by atoms with Crippen molar-refractivity contribution in [1.82, 2.24) is 9.55 Å². The van der Waals surface area contributed by atoms with Gasteiger partial charge in [-0.05, 0) is 56.3 Å². The van der Waals surface area contributed by atoms with E-state index in [1.165, 1.54) is 35.2 Å². The maximum Gasteiger partial charge on any atom is 0.418 e. The lowest BCUT2D eigenvalue weighted by molar-refractivity contribution is -0.136. The Morgan fingerprint density at radius 3 is 2.39 bits per heavy atom. The highest BCUT2D eigenvalue weighted by Gasteiger charge is 2.33. The van der Waals surface area contributed by atoms with Gasteiger partial charge < -0.3 is 4.74 Å². The highest BCUT2D eigenvalue weighted by Crippen LogP contribution is 2.36. The largest absolute Gasteiger partial charge is 0.457 e. The van der Waals surface area contributed by atoms with Gasteiger partial charge in [0.15, 0.2) is 9.84 Å². The number of hydrogen-bond acceptors (Lipinski definition) is 4. The van der Waals surface area contributed by atoms with Crippen LogP contribution in [0.4, 0.5) is 13.2 Å². The monoisotopic (exact) mass is 494 g/mol. The maximum atomic E-state index is 13.3. The second kappa shape index (κ2) is 8.39. The van der Waals surface area contributed by atoms with Gasteiger partial charge in [-0.1, -0.05) is 23.7 Å². The van der Waals surface area contributed by atoms with Gasteiger partial charge in [0.1, 0.15) is 23.3 Å². The van der Waals surface area contributed by atoms with Crippen LogP contribution in [0.3, 0.4) is 0 Å². The molecule has 10 heteroatoms. The highest BCUT2D eigenvalue weighted by atomic mass is 35.5. The molecular formula is C23H18ClF3N2O3S. The van der Waals surface area contributed by atoms with Gasteiger partial charge >= 0.3 is 6.18 Å². The van der Waals surface area contributed by atoms with Gasteiger partial charge in [0.05, 0.1) is 31.9 Å². The molecule has 0 bridgehead atoms. The summed E-state index contributed by atoms with van der Waals surface area (Å²) in [7, 11) is -3.49. The second-order valence-corrected chi connectivity index (χ2v) is 10.5. The molecule has 4 rings (SSSR count). The number of sulfone groups is 1. The number of ether oxygens (including phenoxy) is 1. The fourth-order valence-corrected chi connectivity index (χ4v) is 4.62. The van der Waals surface area contributed by atoms with Crippen LogP contribution in [0.25, 0.3) is 16.7 Å². The van der Waals surface area contributed by atoms with Crippen molar-refractivity contribution in [2.24, 2.45) is 0 Å². The molecule has 0 N–H and O–H groups in total. The molecule has 1 aromatic heterocycles. The summed E-state index contributed by atoms with van der Waals surface area (Å²) in [5.74, 6) is 0.613. The molecule has 172 valence electrons. The van der Waals surface area contributed by atoms with Crippen molar-refractivity contribution >= 4 is 32.5 Å². The molecule has 1 heterocycles. The van der Waals surface area contributed by atoms with E-state index in [2.05, 4.69) is 4.98 Å². The van der Waals surface area contributed by atoms with Crippen LogP contribution >= 0.6 is 11.6 Å². The number of hydrogen-bond donors (Lipinski definition) is 0. The first kappa shape index (κ1) is 23.1. The summed E-state index contributed by atoms with van der Waals surface area (Å²) in [4.78, 5) is 4.08. The first-order valence-electron chi connectivity index (χ1n) is 9.83. The lowest BCUT2D eigenvalue weighted by atomic mass is 10.1. The molecule has 0 atom stereocenters. The zero-order chi connectivity index (χ0) is 24.0. The Balaban J connectivity index is 1.74. The zero-order valence-corrected chi connectivity index (χ0v) is 19.0. The summed E-state index contributed by atoms with van der Waals surface area (Å²) in [6.45, 7) is 3.18. The summed E-state index contributed by atoms with van der Waals surface area (Å²) in [5, 5.41) is -0.318. The quantitative estimate of drug-likeness (QED) is 0.311. The predicted molar refractivity (Wildman–Crippen MR) is 120 cm³/mol. The van der Waals surface area contributed by atoms with Crippen LogP contribution in [0.15, 0.2) is 71.9 Å². The number of fused-ring (bicyclic) bond motifs is 1. The standard InChI is InChI=1S/C23H18ClF3N2O3S/c1-14(2)33(30,31)17-6-3-5-15(11-17)32-16-9-10-19(24)21(12-16)29-13-28-22-18(23(25,26)27)7-4-8-20(22)29/h3-14H,1-2H3. The molecule has 5 nitrogen and oxygen atoms in total. The van der Waals surface area contributed by atoms with Crippen molar-refractivity contribution in [3.63, 3.8) is 0 Å². The van der Waals surface area contributed by atoms with Gasteiger partial charge in [0.25, 0.3) is 0 Å². The van der Waals surface area contributed by atoms with Gasteiger partial charge in [-0.3, -0.25) is 4.57 Å². The van der Waals surface area contributed by atoms with Gasteiger partial charge in [0.2, 0.25) is 0 Å². The number of aromatic nitrogens is 2. The molecule has 0 aliphatic heterocycles. The molecule has 0 unspecified atom stereocenters. The minimum absolute atomic E-state index is 0.129. The lowest BCUT2D eigenvalue weighted by Crippen LogP contribution is -2.13. The number of nitrogens with zero attached hydrogens (tertiary/aromatic N) is 2. The molecule has 3 aromatic carbocycles. The van der Waals surface area contributed by atoms with Crippen LogP contribution in [0.5, 0.6) is 11.5 Å². The molecule has 0 radical (unpaired) electrons. The van der Waals surface area contributed by atoms with E-state index in [1.54, 1.807) is 44.2 Å². The Kier molecular flexibility index (Phi) is 5.88. The summed E-state index contributed by atoms with van der Waals surface area (Å²) in [6.07, 6.45) is -3.28. The second-order valence-electron chi connectivity index (χ2n) is 7.57. The third-order valence-corrected chi connectivity index (χ3v) is 7.52. The zero-order valence-electron chi connectivity index (χ0n) is 17.5.